The number of imide groups is 1. The fourth-order valence-corrected chi connectivity index (χ4v) is 6.32. The second-order valence-corrected chi connectivity index (χ2v) is 12.6. The van der Waals surface area contributed by atoms with Crippen LogP contribution in [-0.4, -0.2) is 125 Å². The van der Waals surface area contributed by atoms with Gasteiger partial charge in [0.25, 0.3) is 5.91 Å². The molecule has 0 bridgehead atoms. The van der Waals surface area contributed by atoms with Crippen LogP contribution in [0.25, 0.3) is 0 Å². The molecule has 6 amide bonds. The Kier molecular flexibility index (Phi) is 13.6. The highest BCUT2D eigenvalue weighted by Gasteiger charge is 2.46. The van der Waals surface area contributed by atoms with Gasteiger partial charge in [0.15, 0.2) is 5.78 Å². The molecule has 1 unspecified atom stereocenters. The third-order valence-electron chi connectivity index (χ3n) is 8.44. The van der Waals surface area contributed by atoms with Gasteiger partial charge in [0, 0.05) is 50.7 Å². The molecule has 6 N–H and O–H groups in total. The van der Waals surface area contributed by atoms with Crippen molar-refractivity contribution in [3.05, 3.63) is 0 Å². The van der Waals surface area contributed by atoms with Gasteiger partial charge in [-0.3, -0.25) is 28.9 Å². The maximum absolute atomic E-state index is 13.8. The number of ketones is 1. The average Bonchev–Trinajstić information content (AvgIpc) is 3.51. The van der Waals surface area contributed by atoms with Crippen LogP contribution in [0.2, 0.25) is 0 Å². The number of hydrogen-bond donors (Lipinski definition) is 5. The first-order valence-electron chi connectivity index (χ1n) is 15.6. The Bertz CT molecular complexity index is 1130. The van der Waals surface area contributed by atoms with Crippen LogP contribution in [0.5, 0.6) is 0 Å². The third-order valence-corrected chi connectivity index (χ3v) is 8.78. The number of carbonyl (C=O) groups is 7. The molecule has 252 valence electrons. The number of ether oxygens (including phenoxy) is 1. The van der Waals surface area contributed by atoms with Gasteiger partial charge >= 0.3 is 12.0 Å². The van der Waals surface area contributed by atoms with E-state index in [1.807, 2.05) is 18.7 Å². The monoisotopic (exact) mass is 653 g/mol. The Balaban J connectivity index is 1.66. The Labute approximate surface area is 268 Å². The number of urea groups is 1. The quantitative estimate of drug-likeness (QED) is 0.0546. The molecule has 3 fully saturated rings. The van der Waals surface area contributed by atoms with E-state index in [1.54, 1.807) is 4.90 Å². The van der Waals surface area contributed by atoms with E-state index in [0.29, 0.717) is 51.7 Å². The first-order chi connectivity index (χ1) is 21.4. The fraction of sp³-hybridized carbons (Fsp3) is 0.759. The normalized spacial score (nSPS) is 22.6. The van der Waals surface area contributed by atoms with Crippen LogP contribution in [0.4, 0.5) is 4.79 Å². The fourth-order valence-electron chi connectivity index (χ4n) is 6.00. The highest BCUT2D eigenvalue weighted by atomic mass is 32.1. The molecular formula is C29H47N7O8S. The number of unbranched alkanes of at least 4 members (excludes halogenated alkanes) is 1. The number of hydrogen-bond acceptors (Lipinski definition) is 11. The second kappa shape index (κ2) is 16.9. The van der Waals surface area contributed by atoms with E-state index in [4.69, 9.17) is 16.2 Å². The minimum atomic E-state index is -1.16. The number of nitrogens with two attached hydrogens (primary N) is 2. The molecule has 3 aliphatic heterocycles. The molecule has 3 rings (SSSR count). The predicted octanol–water partition coefficient (Wildman–Crippen LogP) is -1.22. The molecule has 3 aliphatic rings. The Hall–Kier alpha value is -3.24. The SMILES string of the molecule is CC(C)C[C@@H](C(=O)C[C@H](CCCCN)C(=O)NC1CCOC1=O)N1CCN(C(=O)[C@H](CS)N2C(=O)N[C@H](CC(N)=O)C2=O)CC1. The van der Waals surface area contributed by atoms with Crippen LogP contribution in [0, 0.1) is 11.8 Å². The van der Waals surface area contributed by atoms with Gasteiger partial charge in [0.05, 0.1) is 19.1 Å². The van der Waals surface area contributed by atoms with Crippen molar-refractivity contribution in [2.75, 3.05) is 45.1 Å². The molecule has 16 heteroatoms. The van der Waals surface area contributed by atoms with Gasteiger partial charge in [-0.05, 0) is 31.7 Å². The van der Waals surface area contributed by atoms with Crippen molar-refractivity contribution in [1.82, 2.24) is 25.3 Å². The first kappa shape index (κ1) is 36.2. The van der Waals surface area contributed by atoms with Crippen LogP contribution in [0.3, 0.4) is 0 Å². The summed E-state index contributed by atoms with van der Waals surface area (Å²) in [5.74, 6) is -3.37. The lowest BCUT2D eigenvalue weighted by atomic mass is 9.89. The summed E-state index contributed by atoms with van der Waals surface area (Å²) >= 11 is 4.23. The van der Waals surface area contributed by atoms with Crippen molar-refractivity contribution in [2.45, 2.75) is 83.0 Å². The molecule has 5 atom stereocenters. The molecular weight excluding hydrogens is 606 g/mol. The van der Waals surface area contributed by atoms with E-state index < -0.39 is 59.8 Å². The molecule has 15 nitrogen and oxygen atoms in total. The lowest BCUT2D eigenvalue weighted by molar-refractivity contribution is -0.143. The predicted molar refractivity (Wildman–Crippen MR) is 166 cm³/mol. The van der Waals surface area contributed by atoms with E-state index >= 15 is 0 Å². The summed E-state index contributed by atoms with van der Waals surface area (Å²) in [5, 5.41) is 5.16. The molecule has 0 saturated carbocycles. The van der Waals surface area contributed by atoms with Gasteiger partial charge in [0.2, 0.25) is 17.7 Å². The topological polar surface area (TPSA) is 215 Å². The molecule has 0 spiro atoms. The summed E-state index contributed by atoms with van der Waals surface area (Å²) in [4.78, 5) is 93.4. The number of rotatable bonds is 17. The van der Waals surface area contributed by atoms with Crippen molar-refractivity contribution in [2.24, 2.45) is 23.3 Å². The smallest absolute Gasteiger partial charge is 0.328 e. The zero-order valence-corrected chi connectivity index (χ0v) is 27.0. The number of carbonyl (C=O) groups excluding carboxylic acids is 7. The summed E-state index contributed by atoms with van der Waals surface area (Å²) in [6.45, 7) is 5.99. The number of cyclic esters (lactones) is 1. The van der Waals surface area contributed by atoms with Crippen molar-refractivity contribution in [3.8, 4) is 0 Å². The third kappa shape index (κ3) is 9.63. The van der Waals surface area contributed by atoms with E-state index in [-0.39, 0.29) is 55.9 Å². The van der Waals surface area contributed by atoms with E-state index in [2.05, 4.69) is 23.3 Å². The highest BCUT2D eigenvalue weighted by molar-refractivity contribution is 7.80. The molecule has 45 heavy (non-hydrogen) atoms. The molecule has 0 aliphatic carbocycles. The van der Waals surface area contributed by atoms with Gasteiger partial charge in [0.1, 0.15) is 18.1 Å². The van der Waals surface area contributed by atoms with Gasteiger partial charge in [-0.2, -0.15) is 12.6 Å². The molecule has 0 aromatic heterocycles. The van der Waals surface area contributed by atoms with Crippen LogP contribution in [0.1, 0.15) is 58.8 Å². The summed E-state index contributed by atoms with van der Waals surface area (Å²) < 4.78 is 4.96. The number of nitrogens with one attached hydrogen (secondary N) is 2. The van der Waals surface area contributed by atoms with Crippen LogP contribution >= 0.6 is 12.6 Å². The molecule has 0 radical (unpaired) electrons. The number of Topliss-reactive ketones (excluding diaryl/α,β-unsaturated/α-hetero) is 1. The van der Waals surface area contributed by atoms with E-state index in [1.165, 1.54) is 0 Å². The van der Waals surface area contributed by atoms with Crippen molar-refractivity contribution in [3.63, 3.8) is 0 Å². The summed E-state index contributed by atoms with van der Waals surface area (Å²) in [6.07, 6.45) is 2.42. The summed E-state index contributed by atoms with van der Waals surface area (Å²) in [5.41, 5.74) is 10.8. The molecule has 0 aromatic carbocycles. The number of piperazine rings is 1. The van der Waals surface area contributed by atoms with E-state index in [0.717, 1.165) is 4.90 Å². The van der Waals surface area contributed by atoms with Crippen molar-refractivity contribution in [1.29, 1.82) is 0 Å². The maximum Gasteiger partial charge on any atom is 0.328 e. The number of amides is 6. The molecule has 3 heterocycles. The van der Waals surface area contributed by atoms with Crippen LogP contribution in [-0.2, 0) is 33.5 Å². The standard InChI is InChI=1S/C29H47N7O8S/c1-17(2)13-21(23(37)14-18(5-3-4-7-30)25(39)32-19-6-12-44-28(19)42)34-8-10-35(11-9-34)27(41)22(16-45)36-26(40)20(15-24(31)38)33-29(36)43/h17-22,45H,3-16,30H2,1-2H3,(H2,31,38)(H,32,39)(H,33,43)/t18-,19?,20+,21-,22-/m0/s1. The lowest BCUT2D eigenvalue weighted by Gasteiger charge is -2.41. The summed E-state index contributed by atoms with van der Waals surface area (Å²) in [7, 11) is 0. The van der Waals surface area contributed by atoms with Gasteiger partial charge in [-0.15, -0.1) is 0 Å². The highest BCUT2D eigenvalue weighted by Crippen LogP contribution is 2.23. The van der Waals surface area contributed by atoms with Crippen LogP contribution < -0.4 is 22.1 Å². The average molecular weight is 654 g/mol. The zero-order chi connectivity index (χ0) is 33.3. The lowest BCUT2D eigenvalue weighted by Crippen LogP contribution is -2.59. The van der Waals surface area contributed by atoms with Gasteiger partial charge < -0.3 is 31.7 Å². The summed E-state index contributed by atoms with van der Waals surface area (Å²) in [6, 6.07) is -4.26. The Morgan fingerprint density at radius 1 is 1.07 bits per heavy atom. The number of nitrogens with zero attached hydrogens (tertiary/aromatic N) is 3. The number of esters is 1. The Morgan fingerprint density at radius 2 is 1.76 bits per heavy atom. The van der Waals surface area contributed by atoms with Gasteiger partial charge in [-0.25, -0.2) is 14.5 Å². The second-order valence-electron chi connectivity index (χ2n) is 12.3. The van der Waals surface area contributed by atoms with Crippen molar-refractivity contribution < 1.29 is 38.3 Å². The number of thiol groups is 1. The largest absolute Gasteiger partial charge is 0.464 e. The molecule has 3 saturated heterocycles. The minimum Gasteiger partial charge on any atom is -0.464 e. The number of primary amides is 1. The molecule has 0 aromatic rings. The minimum absolute atomic E-state index is 0.00901. The van der Waals surface area contributed by atoms with Crippen LogP contribution in [0.15, 0.2) is 0 Å². The van der Waals surface area contributed by atoms with E-state index in [9.17, 15) is 33.6 Å². The zero-order valence-electron chi connectivity index (χ0n) is 26.1. The van der Waals surface area contributed by atoms with Crippen molar-refractivity contribution >= 4 is 54.0 Å². The Morgan fingerprint density at radius 3 is 2.31 bits per heavy atom. The maximum atomic E-state index is 13.8. The first-order valence-corrected chi connectivity index (χ1v) is 16.3. The van der Waals surface area contributed by atoms with Gasteiger partial charge in [-0.1, -0.05) is 20.3 Å².